The molecule has 4 nitrogen and oxygen atoms in total. The molecule has 0 fully saturated rings. The van der Waals surface area contributed by atoms with Crippen LogP contribution in [0.4, 0.5) is 11.4 Å². The monoisotopic (exact) mass is 270 g/mol. The van der Waals surface area contributed by atoms with E-state index in [1.165, 1.54) is 0 Å². The van der Waals surface area contributed by atoms with Gasteiger partial charge in [0.2, 0.25) is 0 Å². The highest BCUT2D eigenvalue weighted by Crippen LogP contribution is 2.24. The Balaban J connectivity index is 2.30. The van der Waals surface area contributed by atoms with Crippen LogP contribution in [0.15, 0.2) is 30.3 Å². The van der Waals surface area contributed by atoms with Crippen LogP contribution < -0.4 is 11.1 Å². The summed E-state index contributed by atoms with van der Waals surface area (Å²) in [5, 5.41) is 12.6. The molecule has 0 heterocycles. The summed E-state index contributed by atoms with van der Waals surface area (Å²) in [5.74, 6) is -0.359. The van der Waals surface area contributed by atoms with Gasteiger partial charge in [-0.25, -0.2) is 0 Å². The molecule has 4 heteroatoms. The van der Waals surface area contributed by atoms with Crippen molar-refractivity contribution in [2.75, 3.05) is 11.1 Å². The lowest BCUT2D eigenvalue weighted by Gasteiger charge is -2.12. The average Bonchev–Trinajstić information content (AvgIpc) is 2.35. The Morgan fingerprint density at radius 3 is 2.45 bits per heavy atom. The number of nitrogen functional groups attached to an aromatic ring is 1. The Morgan fingerprint density at radius 2 is 1.80 bits per heavy atom. The summed E-state index contributed by atoms with van der Waals surface area (Å²) in [6, 6.07) is 8.61. The minimum absolute atomic E-state index is 0.0210. The first-order valence-corrected chi connectivity index (χ1v) is 6.36. The molecule has 2 rings (SSSR count). The molecule has 104 valence electrons. The van der Waals surface area contributed by atoms with Crippen LogP contribution in [0.5, 0.6) is 5.75 Å². The van der Waals surface area contributed by atoms with E-state index in [0.29, 0.717) is 11.4 Å². The van der Waals surface area contributed by atoms with E-state index < -0.39 is 0 Å². The highest BCUT2D eigenvalue weighted by molar-refractivity contribution is 6.06. The zero-order valence-corrected chi connectivity index (χ0v) is 11.8. The molecule has 0 spiro atoms. The third-order valence-electron chi connectivity index (χ3n) is 3.26. The molecule has 0 saturated heterocycles. The highest BCUT2D eigenvalue weighted by Gasteiger charge is 2.13. The van der Waals surface area contributed by atoms with Crippen LogP contribution in [0.1, 0.15) is 27.0 Å². The topological polar surface area (TPSA) is 75.4 Å². The number of amides is 1. The van der Waals surface area contributed by atoms with Gasteiger partial charge in [-0.3, -0.25) is 4.79 Å². The molecule has 0 unspecified atom stereocenters. The van der Waals surface area contributed by atoms with Crippen molar-refractivity contribution in [2.45, 2.75) is 20.8 Å². The van der Waals surface area contributed by atoms with E-state index >= 15 is 0 Å². The number of nitrogens with one attached hydrogen (secondary N) is 1. The van der Waals surface area contributed by atoms with Gasteiger partial charge in [0, 0.05) is 11.4 Å². The van der Waals surface area contributed by atoms with Crippen LogP contribution in [-0.4, -0.2) is 11.0 Å². The molecule has 0 bridgehead atoms. The number of aromatic hydroxyl groups is 1. The summed E-state index contributed by atoms with van der Waals surface area (Å²) < 4.78 is 0. The Labute approximate surface area is 118 Å². The zero-order chi connectivity index (χ0) is 14.9. The summed E-state index contributed by atoms with van der Waals surface area (Å²) in [4.78, 5) is 12.2. The molecule has 20 heavy (non-hydrogen) atoms. The molecule has 2 aromatic carbocycles. The number of phenols is 1. The van der Waals surface area contributed by atoms with Crippen LogP contribution in [0, 0.1) is 20.8 Å². The molecule has 0 aliphatic carbocycles. The summed E-state index contributed by atoms with van der Waals surface area (Å²) in [6.45, 7) is 5.61. The smallest absolute Gasteiger partial charge is 0.259 e. The minimum atomic E-state index is -0.338. The summed E-state index contributed by atoms with van der Waals surface area (Å²) in [5.41, 5.74) is 10.1. The normalized spacial score (nSPS) is 10.3. The van der Waals surface area contributed by atoms with Gasteiger partial charge in [-0.1, -0.05) is 6.07 Å². The van der Waals surface area contributed by atoms with Crippen molar-refractivity contribution in [1.29, 1.82) is 0 Å². The molecule has 1 amide bonds. The van der Waals surface area contributed by atoms with Gasteiger partial charge in [0.25, 0.3) is 5.91 Å². The van der Waals surface area contributed by atoms with Gasteiger partial charge < -0.3 is 16.2 Å². The molecule has 0 aliphatic heterocycles. The third-order valence-corrected chi connectivity index (χ3v) is 3.26. The number of phenolic OH excluding ortho intramolecular Hbond substituents is 1. The maximum atomic E-state index is 12.2. The number of hydrogen-bond acceptors (Lipinski definition) is 3. The van der Waals surface area contributed by atoms with Crippen molar-refractivity contribution in [2.24, 2.45) is 0 Å². The van der Waals surface area contributed by atoms with Crippen molar-refractivity contribution in [3.05, 3.63) is 52.6 Å². The van der Waals surface area contributed by atoms with Crippen LogP contribution >= 0.6 is 0 Å². The van der Waals surface area contributed by atoms with E-state index in [9.17, 15) is 9.90 Å². The largest absolute Gasteiger partial charge is 0.507 e. The number of carbonyl (C=O) groups is 1. The van der Waals surface area contributed by atoms with E-state index in [1.54, 1.807) is 18.2 Å². The van der Waals surface area contributed by atoms with Crippen LogP contribution in [0.25, 0.3) is 0 Å². The molecular weight excluding hydrogens is 252 g/mol. The first kappa shape index (κ1) is 13.9. The number of rotatable bonds is 2. The van der Waals surface area contributed by atoms with Crippen LogP contribution in [0.2, 0.25) is 0 Å². The van der Waals surface area contributed by atoms with E-state index in [4.69, 9.17) is 5.73 Å². The van der Waals surface area contributed by atoms with E-state index in [1.807, 2.05) is 32.9 Å². The lowest BCUT2D eigenvalue weighted by atomic mass is 10.1. The molecular formula is C16H18N2O2. The third kappa shape index (κ3) is 2.74. The SMILES string of the molecule is Cc1ccc(C(=O)Nc2cc(C)c(N)cc2C)c(O)c1. The second-order valence-electron chi connectivity index (χ2n) is 5.00. The minimum Gasteiger partial charge on any atom is -0.507 e. The number of carbonyl (C=O) groups excluding carboxylic acids is 1. The first-order chi connectivity index (χ1) is 9.38. The van der Waals surface area contributed by atoms with Crippen LogP contribution in [-0.2, 0) is 0 Å². The number of benzene rings is 2. The molecule has 0 atom stereocenters. The Kier molecular flexibility index (Phi) is 3.66. The summed E-state index contributed by atoms with van der Waals surface area (Å²) in [7, 11) is 0. The van der Waals surface area contributed by atoms with Gasteiger partial charge in [-0.05, 0) is 61.7 Å². The second kappa shape index (κ2) is 5.25. The molecule has 4 N–H and O–H groups in total. The lowest BCUT2D eigenvalue weighted by molar-refractivity contribution is 0.102. The van der Waals surface area contributed by atoms with Crippen molar-refractivity contribution >= 4 is 17.3 Å². The standard InChI is InChI=1S/C16H18N2O2/c1-9-4-5-12(15(19)6-9)16(20)18-14-8-10(2)13(17)7-11(14)3/h4-8,19H,17H2,1-3H3,(H,18,20). The zero-order valence-electron chi connectivity index (χ0n) is 11.8. The Morgan fingerprint density at radius 1 is 1.10 bits per heavy atom. The number of nitrogens with two attached hydrogens (primary N) is 1. The average molecular weight is 270 g/mol. The number of anilines is 2. The van der Waals surface area contributed by atoms with Crippen molar-refractivity contribution in [3.63, 3.8) is 0 Å². The quantitative estimate of drug-likeness (QED) is 0.734. The first-order valence-electron chi connectivity index (χ1n) is 6.36. The van der Waals surface area contributed by atoms with Crippen molar-refractivity contribution in [3.8, 4) is 5.75 Å². The fourth-order valence-corrected chi connectivity index (χ4v) is 2.00. The maximum Gasteiger partial charge on any atom is 0.259 e. The lowest BCUT2D eigenvalue weighted by Crippen LogP contribution is -2.13. The molecule has 0 radical (unpaired) electrons. The van der Waals surface area contributed by atoms with Gasteiger partial charge in [-0.2, -0.15) is 0 Å². The van der Waals surface area contributed by atoms with Gasteiger partial charge in [0.1, 0.15) is 5.75 Å². The summed E-state index contributed by atoms with van der Waals surface area (Å²) in [6.07, 6.45) is 0. The molecule has 0 saturated carbocycles. The number of hydrogen-bond donors (Lipinski definition) is 3. The Hall–Kier alpha value is -2.49. The van der Waals surface area contributed by atoms with Crippen molar-refractivity contribution in [1.82, 2.24) is 0 Å². The summed E-state index contributed by atoms with van der Waals surface area (Å²) >= 11 is 0. The predicted molar refractivity (Wildman–Crippen MR) is 81.1 cm³/mol. The highest BCUT2D eigenvalue weighted by atomic mass is 16.3. The fourth-order valence-electron chi connectivity index (χ4n) is 2.00. The number of aryl methyl sites for hydroxylation is 3. The molecule has 0 aliphatic rings. The van der Waals surface area contributed by atoms with Gasteiger partial charge in [0.15, 0.2) is 0 Å². The molecule has 0 aromatic heterocycles. The molecule has 2 aromatic rings. The van der Waals surface area contributed by atoms with E-state index in [-0.39, 0.29) is 17.2 Å². The predicted octanol–water partition coefficient (Wildman–Crippen LogP) is 3.15. The van der Waals surface area contributed by atoms with Crippen LogP contribution in [0.3, 0.4) is 0 Å². The van der Waals surface area contributed by atoms with Gasteiger partial charge in [-0.15, -0.1) is 0 Å². The van der Waals surface area contributed by atoms with Crippen molar-refractivity contribution < 1.29 is 9.90 Å². The fraction of sp³-hybridized carbons (Fsp3) is 0.188. The maximum absolute atomic E-state index is 12.2. The van der Waals surface area contributed by atoms with E-state index in [0.717, 1.165) is 16.7 Å². The van der Waals surface area contributed by atoms with Gasteiger partial charge >= 0.3 is 0 Å². The van der Waals surface area contributed by atoms with E-state index in [2.05, 4.69) is 5.32 Å². The van der Waals surface area contributed by atoms with Gasteiger partial charge in [0.05, 0.1) is 5.56 Å². The second-order valence-corrected chi connectivity index (χ2v) is 5.00. The Bertz CT molecular complexity index is 678.